The number of hydrogen-bond donors (Lipinski definition) is 0. The molecule has 0 aliphatic rings. The van der Waals surface area contributed by atoms with Crippen LogP contribution in [0.25, 0.3) is 33.2 Å². The van der Waals surface area contributed by atoms with E-state index in [0.717, 1.165) is 28.3 Å². The molecule has 0 bridgehead atoms. The predicted octanol–water partition coefficient (Wildman–Crippen LogP) is 7.08. The van der Waals surface area contributed by atoms with E-state index in [1.54, 1.807) is 24.3 Å². The summed E-state index contributed by atoms with van der Waals surface area (Å²) in [6, 6.07) is 18.2. The molecule has 3 aromatic carbocycles. The van der Waals surface area contributed by atoms with Crippen LogP contribution in [-0.2, 0) is 16.0 Å². The van der Waals surface area contributed by atoms with Gasteiger partial charge in [-0.1, -0.05) is 49.4 Å². The maximum Gasteiger partial charge on any atom is 0.418 e. The van der Waals surface area contributed by atoms with Gasteiger partial charge in [0.25, 0.3) is 0 Å². The molecule has 0 radical (unpaired) electrons. The molecule has 0 aliphatic carbocycles. The lowest BCUT2D eigenvalue weighted by Crippen LogP contribution is -2.07. The van der Waals surface area contributed by atoms with Crippen LogP contribution in [0.5, 0.6) is 0 Å². The number of halogens is 3. The Labute approximate surface area is 190 Å². The normalized spacial score (nSPS) is 12.3. The molecule has 170 valence electrons. The summed E-state index contributed by atoms with van der Waals surface area (Å²) in [6.07, 6.45) is -2.53. The van der Waals surface area contributed by atoms with Crippen LogP contribution in [0.15, 0.2) is 77.8 Å². The number of alkyl halides is 3. The van der Waals surface area contributed by atoms with Crippen LogP contribution in [0, 0.1) is 6.92 Å². The van der Waals surface area contributed by atoms with Gasteiger partial charge in [0.15, 0.2) is 9.84 Å². The molecule has 0 aliphatic heterocycles. The van der Waals surface area contributed by atoms with E-state index in [0.29, 0.717) is 17.4 Å². The monoisotopic (exact) mass is 469 g/mol. The van der Waals surface area contributed by atoms with Crippen molar-refractivity contribution in [1.29, 1.82) is 0 Å². The number of nitrogens with zero attached hydrogens (tertiary/aromatic N) is 1. The van der Waals surface area contributed by atoms with Crippen molar-refractivity contribution in [3.05, 3.63) is 84.1 Å². The first-order valence-corrected chi connectivity index (χ1v) is 12.2. The summed E-state index contributed by atoms with van der Waals surface area (Å²) in [6.45, 7) is 3.63. The van der Waals surface area contributed by atoms with Crippen LogP contribution in [0.2, 0.25) is 0 Å². The summed E-state index contributed by atoms with van der Waals surface area (Å²) >= 11 is 0. The second-order valence-electron chi connectivity index (χ2n) is 7.94. The zero-order valence-corrected chi connectivity index (χ0v) is 19.0. The van der Waals surface area contributed by atoms with Gasteiger partial charge in [0.05, 0.1) is 21.7 Å². The molecule has 0 fully saturated rings. The van der Waals surface area contributed by atoms with Gasteiger partial charge in [-0.3, -0.25) is 4.98 Å². The standard InChI is InChI=1S/C26H22F3NO2S/c1-3-13-33(31,32)21-10-5-8-19(15-21)18-7-4-9-20(14-18)24-17(2)16-30-25-22(24)11-6-12-23(25)26(27,28)29/h4-12,14-16H,3,13H2,1-2H3. The Balaban J connectivity index is 1.87. The third-order valence-corrected chi connectivity index (χ3v) is 7.46. The van der Waals surface area contributed by atoms with Crippen molar-refractivity contribution in [2.24, 2.45) is 0 Å². The van der Waals surface area contributed by atoms with Gasteiger partial charge in [0, 0.05) is 11.6 Å². The number of hydrogen-bond acceptors (Lipinski definition) is 3. The van der Waals surface area contributed by atoms with Crippen LogP contribution in [-0.4, -0.2) is 19.2 Å². The molecule has 4 rings (SSSR count). The van der Waals surface area contributed by atoms with Gasteiger partial charge < -0.3 is 0 Å². The van der Waals surface area contributed by atoms with E-state index in [9.17, 15) is 21.6 Å². The minimum Gasteiger partial charge on any atom is -0.255 e. The maximum absolute atomic E-state index is 13.5. The molecule has 7 heteroatoms. The molecule has 0 atom stereocenters. The zero-order chi connectivity index (χ0) is 23.8. The number of pyridine rings is 1. The third kappa shape index (κ3) is 4.50. The lowest BCUT2D eigenvalue weighted by molar-refractivity contribution is -0.136. The Morgan fingerprint density at radius 1 is 0.879 bits per heavy atom. The highest BCUT2D eigenvalue weighted by Gasteiger charge is 2.33. The van der Waals surface area contributed by atoms with Gasteiger partial charge in [-0.2, -0.15) is 13.2 Å². The van der Waals surface area contributed by atoms with Crippen LogP contribution in [0.3, 0.4) is 0 Å². The quantitative estimate of drug-likeness (QED) is 0.314. The number of benzene rings is 3. The summed E-state index contributed by atoms with van der Waals surface area (Å²) in [5.41, 5.74) is 2.79. The molecule has 4 aromatic rings. The largest absolute Gasteiger partial charge is 0.418 e. The lowest BCUT2D eigenvalue weighted by atomic mass is 9.93. The Hall–Kier alpha value is -3.19. The second kappa shape index (κ2) is 8.63. The molecule has 0 saturated carbocycles. The van der Waals surface area contributed by atoms with Gasteiger partial charge in [-0.25, -0.2) is 8.42 Å². The van der Waals surface area contributed by atoms with E-state index < -0.39 is 21.6 Å². The highest BCUT2D eigenvalue weighted by atomic mass is 32.2. The number of rotatable bonds is 5. The maximum atomic E-state index is 13.5. The fourth-order valence-electron chi connectivity index (χ4n) is 4.04. The molecule has 0 N–H and O–H groups in total. The Morgan fingerprint density at radius 2 is 1.52 bits per heavy atom. The van der Waals surface area contributed by atoms with Crippen LogP contribution >= 0.6 is 0 Å². The van der Waals surface area contributed by atoms with Crippen molar-refractivity contribution in [3.63, 3.8) is 0 Å². The summed E-state index contributed by atoms with van der Waals surface area (Å²) < 4.78 is 65.6. The SMILES string of the molecule is CCCS(=O)(=O)c1cccc(-c2cccc(-c3c(C)cnc4c(C(F)(F)F)cccc34)c2)c1. The van der Waals surface area contributed by atoms with E-state index in [4.69, 9.17) is 0 Å². The van der Waals surface area contributed by atoms with E-state index in [1.807, 2.05) is 44.2 Å². The van der Waals surface area contributed by atoms with Crippen LogP contribution in [0.4, 0.5) is 13.2 Å². The lowest BCUT2D eigenvalue weighted by Gasteiger charge is -2.15. The Kier molecular flexibility index (Phi) is 6.01. The molecule has 0 amide bonds. The Bertz CT molecular complexity index is 1440. The van der Waals surface area contributed by atoms with Gasteiger partial charge in [-0.15, -0.1) is 0 Å². The molecule has 33 heavy (non-hydrogen) atoms. The van der Waals surface area contributed by atoms with Crippen LogP contribution < -0.4 is 0 Å². The van der Waals surface area contributed by atoms with Crippen molar-refractivity contribution in [2.45, 2.75) is 31.3 Å². The van der Waals surface area contributed by atoms with Gasteiger partial charge in [-0.05, 0) is 65.4 Å². The van der Waals surface area contributed by atoms with Crippen molar-refractivity contribution >= 4 is 20.7 Å². The minimum atomic E-state index is -4.51. The van der Waals surface area contributed by atoms with Gasteiger partial charge >= 0.3 is 6.18 Å². The van der Waals surface area contributed by atoms with E-state index >= 15 is 0 Å². The van der Waals surface area contributed by atoms with E-state index in [1.165, 1.54) is 12.3 Å². The van der Waals surface area contributed by atoms with E-state index in [-0.39, 0.29) is 16.2 Å². The summed E-state index contributed by atoms with van der Waals surface area (Å²) in [5.74, 6) is 0.0697. The van der Waals surface area contributed by atoms with Gasteiger partial charge in [0.1, 0.15) is 0 Å². The summed E-state index contributed by atoms with van der Waals surface area (Å²) in [7, 11) is -3.37. The first-order chi connectivity index (χ1) is 15.6. The highest BCUT2D eigenvalue weighted by Crippen LogP contribution is 2.39. The fourth-order valence-corrected chi connectivity index (χ4v) is 5.41. The molecular weight excluding hydrogens is 447 g/mol. The average molecular weight is 470 g/mol. The van der Waals surface area contributed by atoms with Crippen LogP contribution in [0.1, 0.15) is 24.5 Å². The first kappa shape index (κ1) is 23.0. The van der Waals surface area contributed by atoms with E-state index in [2.05, 4.69) is 4.98 Å². The number of para-hydroxylation sites is 1. The Morgan fingerprint density at radius 3 is 2.21 bits per heavy atom. The third-order valence-electron chi connectivity index (χ3n) is 5.54. The highest BCUT2D eigenvalue weighted by molar-refractivity contribution is 7.91. The topological polar surface area (TPSA) is 47.0 Å². The first-order valence-electron chi connectivity index (χ1n) is 10.5. The minimum absolute atomic E-state index is 0.0697. The van der Waals surface area contributed by atoms with Crippen molar-refractivity contribution in [3.8, 4) is 22.3 Å². The van der Waals surface area contributed by atoms with Crippen molar-refractivity contribution in [2.75, 3.05) is 5.75 Å². The predicted molar refractivity (Wildman–Crippen MR) is 125 cm³/mol. The molecule has 3 nitrogen and oxygen atoms in total. The molecular formula is C26H22F3NO2S. The number of sulfone groups is 1. The van der Waals surface area contributed by atoms with Crippen molar-refractivity contribution < 1.29 is 21.6 Å². The molecule has 1 heterocycles. The average Bonchev–Trinajstić information content (AvgIpc) is 2.78. The fraction of sp³-hybridized carbons (Fsp3) is 0.192. The zero-order valence-electron chi connectivity index (χ0n) is 18.1. The smallest absolute Gasteiger partial charge is 0.255 e. The molecule has 1 aromatic heterocycles. The summed E-state index contributed by atoms with van der Waals surface area (Å²) in [4.78, 5) is 4.34. The molecule has 0 spiro atoms. The number of fused-ring (bicyclic) bond motifs is 1. The summed E-state index contributed by atoms with van der Waals surface area (Å²) in [5, 5.41) is 0.418. The number of aromatic nitrogens is 1. The molecule has 0 unspecified atom stereocenters. The number of aryl methyl sites for hydroxylation is 1. The van der Waals surface area contributed by atoms with Crippen molar-refractivity contribution in [1.82, 2.24) is 4.98 Å². The second-order valence-corrected chi connectivity index (χ2v) is 10.1. The molecule has 0 saturated heterocycles. The van der Waals surface area contributed by atoms with Gasteiger partial charge in [0.2, 0.25) is 0 Å².